The minimum Gasteiger partial charge on any atom is -0.408 e. The molecule has 3 rings (SSSR count). The molecule has 0 amide bonds. The van der Waals surface area contributed by atoms with E-state index in [2.05, 4.69) is 4.72 Å². The van der Waals surface area contributed by atoms with Gasteiger partial charge in [-0.3, -0.25) is 9.29 Å². The van der Waals surface area contributed by atoms with Gasteiger partial charge in [0.05, 0.1) is 16.1 Å². The molecule has 1 heterocycles. The van der Waals surface area contributed by atoms with Crippen LogP contribution in [0, 0.1) is 6.92 Å². The molecule has 0 spiro atoms. The summed E-state index contributed by atoms with van der Waals surface area (Å²) in [6, 6.07) is 9.42. The number of oxazole rings is 1. The lowest BCUT2D eigenvalue weighted by Gasteiger charge is -2.11. The number of sulfonamides is 1. The zero-order valence-electron chi connectivity index (χ0n) is 13.0. The number of nitrogens with zero attached hydrogens (tertiary/aromatic N) is 1. The fourth-order valence-corrected chi connectivity index (χ4v) is 4.03. The zero-order chi connectivity index (χ0) is 17.5. The maximum Gasteiger partial charge on any atom is 0.419 e. The Balaban J connectivity index is 2.11. The number of nitrogens with one attached hydrogen (secondary N) is 1. The molecule has 0 unspecified atom stereocenters. The summed E-state index contributed by atoms with van der Waals surface area (Å²) in [5, 5.41) is 0.424. The van der Waals surface area contributed by atoms with Gasteiger partial charge in [0.1, 0.15) is 0 Å². The first-order chi connectivity index (χ1) is 11.3. The standard InChI is InChI=1S/C16H15ClN2O4S/c1-3-19-13-7-10(2)15(9-14(13)23-16(19)20)24(21,22)18-12-6-4-5-11(17)8-12/h4-9,18H,3H2,1-2H3. The molecule has 8 heteroatoms. The SMILES string of the molecule is CCn1c(=O)oc2cc(S(=O)(=O)Nc3cccc(Cl)c3)c(C)cc21. The number of aromatic nitrogens is 1. The molecule has 1 aromatic heterocycles. The number of fused-ring (bicyclic) bond motifs is 1. The topological polar surface area (TPSA) is 81.3 Å². The highest BCUT2D eigenvalue weighted by molar-refractivity contribution is 7.92. The molecule has 0 atom stereocenters. The van der Waals surface area contributed by atoms with E-state index in [9.17, 15) is 13.2 Å². The van der Waals surface area contributed by atoms with Crippen LogP contribution in [0.25, 0.3) is 11.1 Å². The fourth-order valence-electron chi connectivity index (χ4n) is 2.55. The first kappa shape index (κ1) is 16.6. The Morgan fingerprint density at radius 1 is 1.25 bits per heavy atom. The molecule has 0 bridgehead atoms. The molecule has 6 nitrogen and oxygen atoms in total. The maximum atomic E-state index is 12.7. The summed E-state index contributed by atoms with van der Waals surface area (Å²) in [5.41, 5.74) is 1.68. The van der Waals surface area contributed by atoms with Crippen molar-refractivity contribution in [3.8, 4) is 0 Å². The van der Waals surface area contributed by atoms with Crippen molar-refractivity contribution in [3.63, 3.8) is 0 Å². The predicted octanol–water partition coefficient (Wildman–Crippen LogP) is 3.38. The number of benzene rings is 2. The van der Waals surface area contributed by atoms with Crippen molar-refractivity contribution in [2.75, 3.05) is 4.72 Å². The van der Waals surface area contributed by atoms with Crippen LogP contribution in [0.4, 0.5) is 5.69 Å². The van der Waals surface area contributed by atoms with E-state index in [1.165, 1.54) is 16.7 Å². The first-order valence-electron chi connectivity index (χ1n) is 7.24. The average Bonchev–Trinajstić information content (AvgIpc) is 2.80. The summed E-state index contributed by atoms with van der Waals surface area (Å²) in [4.78, 5) is 11.8. The monoisotopic (exact) mass is 366 g/mol. The molecule has 0 saturated heterocycles. The van der Waals surface area contributed by atoms with Gasteiger partial charge in [0.2, 0.25) is 0 Å². The minimum absolute atomic E-state index is 0.0481. The van der Waals surface area contributed by atoms with Crippen LogP contribution in [0.5, 0.6) is 0 Å². The van der Waals surface area contributed by atoms with Crippen molar-refractivity contribution in [3.05, 3.63) is 57.5 Å². The van der Waals surface area contributed by atoms with Gasteiger partial charge in [-0.1, -0.05) is 17.7 Å². The molecule has 0 aliphatic heterocycles. The predicted molar refractivity (Wildman–Crippen MR) is 93.1 cm³/mol. The number of halogens is 1. The second-order valence-corrected chi connectivity index (χ2v) is 7.40. The summed E-state index contributed by atoms with van der Waals surface area (Å²) in [6.07, 6.45) is 0. The van der Waals surface area contributed by atoms with E-state index in [-0.39, 0.29) is 10.5 Å². The van der Waals surface area contributed by atoms with E-state index in [0.29, 0.717) is 28.3 Å². The summed E-state index contributed by atoms with van der Waals surface area (Å²) >= 11 is 5.88. The van der Waals surface area contributed by atoms with Gasteiger partial charge in [0, 0.05) is 17.6 Å². The highest BCUT2D eigenvalue weighted by Crippen LogP contribution is 2.25. The van der Waals surface area contributed by atoms with Crippen molar-refractivity contribution >= 4 is 38.4 Å². The molecule has 0 aliphatic carbocycles. The summed E-state index contributed by atoms with van der Waals surface area (Å²) in [5.74, 6) is -0.510. The largest absolute Gasteiger partial charge is 0.419 e. The zero-order valence-corrected chi connectivity index (χ0v) is 14.6. The van der Waals surface area contributed by atoms with Gasteiger partial charge in [-0.05, 0) is 43.7 Å². The molecular formula is C16H15ClN2O4S. The van der Waals surface area contributed by atoms with Crippen molar-refractivity contribution in [2.24, 2.45) is 0 Å². The van der Waals surface area contributed by atoms with Crippen LogP contribution < -0.4 is 10.5 Å². The highest BCUT2D eigenvalue weighted by Gasteiger charge is 2.20. The van der Waals surface area contributed by atoms with Gasteiger partial charge >= 0.3 is 5.76 Å². The van der Waals surface area contributed by atoms with Gasteiger partial charge < -0.3 is 4.42 Å². The smallest absolute Gasteiger partial charge is 0.408 e. The van der Waals surface area contributed by atoms with Gasteiger partial charge in [0.25, 0.3) is 10.0 Å². The third-order valence-electron chi connectivity index (χ3n) is 3.65. The van der Waals surface area contributed by atoms with Gasteiger partial charge in [-0.25, -0.2) is 13.2 Å². The van der Waals surface area contributed by atoms with Gasteiger partial charge in [-0.2, -0.15) is 0 Å². The van der Waals surface area contributed by atoms with Crippen molar-refractivity contribution in [1.29, 1.82) is 0 Å². The lowest BCUT2D eigenvalue weighted by molar-refractivity contribution is 0.512. The van der Waals surface area contributed by atoms with Crippen LogP contribution in [0.15, 0.2) is 50.5 Å². The molecule has 0 fully saturated rings. The molecule has 0 aliphatic rings. The average molecular weight is 367 g/mol. The normalized spacial score (nSPS) is 11.8. The third-order valence-corrected chi connectivity index (χ3v) is 5.41. The lowest BCUT2D eigenvalue weighted by atomic mass is 10.2. The number of hydrogen-bond acceptors (Lipinski definition) is 4. The summed E-state index contributed by atoms with van der Waals surface area (Å²) in [6.45, 7) is 3.93. The molecule has 0 saturated carbocycles. The summed E-state index contributed by atoms with van der Waals surface area (Å²) in [7, 11) is -3.84. The second kappa shape index (κ2) is 5.99. The van der Waals surface area contributed by atoms with E-state index in [4.69, 9.17) is 16.0 Å². The van der Waals surface area contributed by atoms with Crippen molar-refractivity contribution in [2.45, 2.75) is 25.3 Å². The number of hydrogen-bond donors (Lipinski definition) is 1. The molecule has 3 aromatic rings. The Morgan fingerprint density at radius 3 is 2.67 bits per heavy atom. The maximum absolute atomic E-state index is 12.7. The number of aryl methyl sites for hydroxylation is 2. The van der Waals surface area contributed by atoms with Crippen LogP contribution in [-0.2, 0) is 16.6 Å². The number of rotatable bonds is 4. The molecular weight excluding hydrogens is 352 g/mol. The first-order valence-corrected chi connectivity index (χ1v) is 9.10. The minimum atomic E-state index is -3.84. The Morgan fingerprint density at radius 2 is 2.00 bits per heavy atom. The Kier molecular flexibility index (Phi) is 4.15. The van der Waals surface area contributed by atoms with Crippen molar-refractivity contribution < 1.29 is 12.8 Å². The van der Waals surface area contributed by atoms with E-state index in [0.717, 1.165) is 0 Å². The van der Waals surface area contributed by atoms with E-state index in [1.807, 2.05) is 6.92 Å². The molecule has 24 heavy (non-hydrogen) atoms. The van der Waals surface area contributed by atoms with Crippen LogP contribution >= 0.6 is 11.6 Å². The van der Waals surface area contributed by atoms with Crippen LogP contribution in [0.3, 0.4) is 0 Å². The van der Waals surface area contributed by atoms with Crippen LogP contribution in [0.1, 0.15) is 12.5 Å². The van der Waals surface area contributed by atoms with Crippen molar-refractivity contribution in [1.82, 2.24) is 4.57 Å². The van der Waals surface area contributed by atoms with E-state index < -0.39 is 15.8 Å². The molecule has 126 valence electrons. The lowest BCUT2D eigenvalue weighted by Crippen LogP contribution is -2.14. The van der Waals surface area contributed by atoms with Gasteiger partial charge in [0.15, 0.2) is 5.58 Å². The quantitative estimate of drug-likeness (QED) is 0.767. The Hall–Kier alpha value is -2.25. The van der Waals surface area contributed by atoms with Gasteiger partial charge in [-0.15, -0.1) is 0 Å². The Bertz CT molecular complexity index is 1080. The molecule has 1 N–H and O–H groups in total. The van der Waals surface area contributed by atoms with E-state index in [1.54, 1.807) is 31.2 Å². The highest BCUT2D eigenvalue weighted by atomic mass is 35.5. The fraction of sp³-hybridized carbons (Fsp3) is 0.188. The summed E-state index contributed by atoms with van der Waals surface area (Å²) < 4.78 is 34.4. The van der Waals surface area contributed by atoms with Crippen LogP contribution in [0.2, 0.25) is 5.02 Å². The molecule has 0 radical (unpaired) electrons. The number of anilines is 1. The van der Waals surface area contributed by atoms with Crippen LogP contribution in [-0.4, -0.2) is 13.0 Å². The van der Waals surface area contributed by atoms with E-state index >= 15 is 0 Å². The second-order valence-electron chi connectivity index (χ2n) is 5.31. The molecule has 2 aromatic carbocycles. The third kappa shape index (κ3) is 2.92. The Labute approximate surface area is 143 Å².